The van der Waals surface area contributed by atoms with E-state index in [-0.39, 0.29) is 6.54 Å². The van der Waals surface area contributed by atoms with E-state index in [0.29, 0.717) is 5.16 Å². The van der Waals surface area contributed by atoms with Crippen LogP contribution in [-0.2, 0) is 16.1 Å². The summed E-state index contributed by atoms with van der Waals surface area (Å²) in [6, 6.07) is 3.68. The van der Waals surface area contributed by atoms with E-state index in [1.807, 2.05) is 12.1 Å². The van der Waals surface area contributed by atoms with Gasteiger partial charge in [0.05, 0.1) is 11.6 Å². The second-order valence-corrected chi connectivity index (χ2v) is 4.90. The maximum Gasteiger partial charge on any atom is 0.327 e. The minimum absolute atomic E-state index is 0.0315. The number of esters is 1. The molecule has 0 fully saturated rings. The molecule has 0 spiro atoms. The summed E-state index contributed by atoms with van der Waals surface area (Å²) < 4.78 is 6.76. The van der Waals surface area contributed by atoms with Crippen molar-refractivity contribution >= 4 is 33.7 Å². The second kappa shape index (κ2) is 5.91. The fourth-order valence-electron chi connectivity index (χ4n) is 1.09. The van der Waals surface area contributed by atoms with Crippen molar-refractivity contribution in [1.82, 2.24) is 25.2 Å². The molecule has 2 aromatic rings. The Kier molecular flexibility index (Phi) is 4.26. The van der Waals surface area contributed by atoms with Crippen LogP contribution in [0.2, 0.25) is 0 Å². The smallest absolute Gasteiger partial charge is 0.327 e. The summed E-state index contributed by atoms with van der Waals surface area (Å²) >= 11 is 4.64. The molecule has 0 aliphatic heterocycles. The molecule has 0 N–H and O–H groups in total. The average molecular weight is 330 g/mol. The number of rotatable bonds is 4. The Labute approximate surface area is 115 Å². The van der Waals surface area contributed by atoms with Crippen LogP contribution >= 0.6 is 27.7 Å². The van der Waals surface area contributed by atoms with Gasteiger partial charge in [-0.2, -0.15) is 0 Å². The second-order valence-electron chi connectivity index (χ2n) is 3.09. The molecular formula is C9H8BrN5O2S. The Morgan fingerprint density at radius 1 is 1.61 bits per heavy atom. The lowest BCUT2D eigenvalue weighted by atomic mass is 10.5. The zero-order chi connectivity index (χ0) is 13.0. The van der Waals surface area contributed by atoms with Gasteiger partial charge >= 0.3 is 5.97 Å². The van der Waals surface area contributed by atoms with Crippen molar-refractivity contribution < 1.29 is 9.53 Å². The van der Waals surface area contributed by atoms with E-state index in [9.17, 15) is 4.79 Å². The van der Waals surface area contributed by atoms with Gasteiger partial charge in [0, 0.05) is 6.20 Å². The van der Waals surface area contributed by atoms with Crippen LogP contribution in [0.15, 0.2) is 33.0 Å². The first-order chi connectivity index (χ1) is 8.70. The number of pyridine rings is 1. The summed E-state index contributed by atoms with van der Waals surface area (Å²) in [5.74, 6) is -0.413. The number of aromatic nitrogens is 5. The van der Waals surface area contributed by atoms with Gasteiger partial charge < -0.3 is 4.74 Å². The molecule has 0 aromatic carbocycles. The van der Waals surface area contributed by atoms with E-state index < -0.39 is 5.97 Å². The van der Waals surface area contributed by atoms with E-state index in [4.69, 9.17) is 0 Å². The van der Waals surface area contributed by atoms with Crippen molar-refractivity contribution in [2.24, 2.45) is 0 Å². The van der Waals surface area contributed by atoms with Crippen molar-refractivity contribution in [2.45, 2.75) is 16.7 Å². The number of nitrogens with zero attached hydrogens (tertiary/aromatic N) is 5. The topological polar surface area (TPSA) is 82.8 Å². The fraction of sp³-hybridized carbons (Fsp3) is 0.222. The molecule has 2 heterocycles. The SMILES string of the molecule is COC(=O)Cn1nnnc1Sc1ncccc1Br. The highest BCUT2D eigenvalue weighted by Gasteiger charge is 2.13. The van der Waals surface area contributed by atoms with Crippen molar-refractivity contribution in [2.75, 3.05) is 7.11 Å². The molecule has 0 radical (unpaired) electrons. The predicted octanol–water partition coefficient (Wildman–Crippen LogP) is 1.15. The van der Waals surface area contributed by atoms with Crippen LogP contribution < -0.4 is 0 Å². The van der Waals surface area contributed by atoms with Crippen LogP contribution in [0.5, 0.6) is 0 Å². The van der Waals surface area contributed by atoms with Gasteiger partial charge in [0.15, 0.2) is 0 Å². The molecule has 7 nitrogen and oxygen atoms in total. The van der Waals surface area contributed by atoms with Crippen LogP contribution in [0, 0.1) is 0 Å². The minimum atomic E-state index is -0.413. The molecule has 0 bridgehead atoms. The number of hydrogen-bond donors (Lipinski definition) is 0. The summed E-state index contributed by atoms with van der Waals surface area (Å²) in [7, 11) is 1.31. The molecule has 94 valence electrons. The Morgan fingerprint density at radius 2 is 2.44 bits per heavy atom. The molecule has 18 heavy (non-hydrogen) atoms. The average Bonchev–Trinajstić information content (AvgIpc) is 2.79. The molecule has 0 saturated carbocycles. The molecular weight excluding hydrogens is 322 g/mol. The predicted molar refractivity (Wildman–Crippen MR) is 65.9 cm³/mol. The van der Waals surface area contributed by atoms with Gasteiger partial charge in [-0.25, -0.2) is 9.67 Å². The van der Waals surface area contributed by atoms with Crippen LogP contribution in [0.4, 0.5) is 0 Å². The number of tetrazole rings is 1. The van der Waals surface area contributed by atoms with E-state index in [1.54, 1.807) is 6.20 Å². The van der Waals surface area contributed by atoms with Gasteiger partial charge in [-0.3, -0.25) is 4.79 Å². The van der Waals surface area contributed by atoms with Crippen molar-refractivity contribution in [1.29, 1.82) is 0 Å². The Morgan fingerprint density at radius 3 is 3.17 bits per heavy atom. The highest BCUT2D eigenvalue weighted by Crippen LogP contribution is 2.29. The highest BCUT2D eigenvalue weighted by atomic mass is 79.9. The van der Waals surface area contributed by atoms with Gasteiger partial charge in [0.2, 0.25) is 5.16 Å². The monoisotopic (exact) mass is 329 g/mol. The molecule has 0 amide bonds. The fourth-order valence-corrected chi connectivity index (χ4v) is 2.32. The molecule has 0 saturated heterocycles. The summed E-state index contributed by atoms with van der Waals surface area (Å²) in [5, 5.41) is 12.3. The lowest BCUT2D eigenvalue weighted by Crippen LogP contribution is -2.13. The number of ether oxygens (including phenoxy) is 1. The zero-order valence-electron chi connectivity index (χ0n) is 9.28. The number of carbonyl (C=O) groups excluding carboxylic acids is 1. The van der Waals surface area contributed by atoms with Gasteiger partial charge in [-0.05, 0) is 50.3 Å². The van der Waals surface area contributed by atoms with Crippen LogP contribution in [0.3, 0.4) is 0 Å². The van der Waals surface area contributed by atoms with Crippen LogP contribution in [-0.4, -0.2) is 38.3 Å². The third kappa shape index (κ3) is 3.05. The standard InChI is InChI=1S/C9H8BrN5O2S/c1-17-7(16)5-15-9(12-13-14-15)18-8-6(10)3-2-4-11-8/h2-4H,5H2,1H3. The summed E-state index contributed by atoms with van der Waals surface area (Å²) in [4.78, 5) is 15.4. The van der Waals surface area contributed by atoms with Gasteiger partial charge in [0.25, 0.3) is 0 Å². The molecule has 0 aliphatic carbocycles. The lowest BCUT2D eigenvalue weighted by Gasteiger charge is -2.03. The lowest BCUT2D eigenvalue weighted by molar-refractivity contribution is -0.141. The van der Waals surface area contributed by atoms with E-state index in [1.165, 1.54) is 23.6 Å². The number of carbonyl (C=O) groups is 1. The summed E-state index contributed by atoms with van der Waals surface area (Å²) in [6.45, 7) is -0.0315. The number of halogens is 1. The Hall–Kier alpha value is -1.48. The summed E-state index contributed by atoms with van der Waals surface area (Å²) in [5.41, 5.74) is 0. The first-order valence-corrected chi connectivity index (χ1v) is 6.43. The van der Waals surface area contributed by atoms with E-state index >= 15 is 0 Å². The third-order valence-electron chi connectivity index (χ3n) is 1.92. The van der Waals surface area contributed by atoms with Gasteiger partial charge in [0.1, 0.15) is 11.6 Å². The van der Waals surface area contributed by atoms with Crippen molar-refractivity contribution in [3.8, 4) is 0 Å². The maximum absolute atomic E-state index is 11.2. The van der Waals surface area contributed by atoms with Crippen LogP contribution in [0.1, 0.15) is 0 Å². The molecule has 9 heteroatoms. The Balaban J connectivity index is 2.18. The maximum atomic E-state index is 11.2. The largest absolute Gasteiger partial charge is 0.468 e. The number of methoxy groups -OCH3 is 1. The Bertz CT molecular complexity index is 561. The molecule has 0 atom stereocenters. The normalized spacial score (nSPS) is 10.3. The van der Waals surface area contributed by atoms with Crippen LogP contribution in [0.25, 0.3) is 0 Å². The molecule has 2 aromatic heterocycles. The third-order valence-corrected chi connectivity index (χ3v) is 3.81. The zero-order valence-corrected chi connectivity index (χ0v) is 11.7. The first-order valence-electron chi connectivity index (χ1n) is 4.82. The van der Waals surface area contributed by atoms with E-state index in [0.717, 1.165) is 9.50 Å². The van der Waals surface area contributed by atoms with Gasteiger partial charge in [-0.15, -0.1) is 5.10 Å². The quantitative estimate of drug-likeness (QED) is 0.778. The number of hydrogen-bond acceptors (Lipinski definition) is 7. The van der Waals surface area contributed by atoms with Gasteiger partial charge in [-0.1, -0.05) is 0 Å². The molecule has 2 rings (SSSR count). The molecule has 0 unspecified atom stereocenters. The van der Waals surface area contributed by atoms with Crippen molar-refractivity contribution in [3.63, 3.8) is 0 Å². The van der Waals surface area contributed by atoms with E-state index in [2.05, 4.69) is 41.2 Å². The summed E-state index contributed by atoms with van der Waals surface area (Å²) in [6.07, 6.45) is 1.67. The minimum Gasteiger partial charge on any atom is -0.468 e. The highest BCUT2D eigenvalue weighted by molar-refractivity contribution is 9.10. The molecule has 0 aliphatic rings. The first kappa shape index (κ1) is 13.0. The van der Waals surface area contributed by atoms with Crippen molar-refractivity contribution in [3.05, 3.63) is 22.8 Å².